The van der Waals surface area contributed by atoms with Gasteiger partial charge in [0.1, 0.15) is 0 Å². The summed E-state index contributed by atoms with van der Waals surface area (Å²) in [7, 11) is 0. The first kappa shape index (κ1) is 17.7. The maximum absolute atomic E-state index is 9.89. The van der Waals surface area contributed by atoms with Gasteiger partial charge in [0, 0.05) is 0 Å². The molecule has 0 fully saturated rings. The summed E-state index contributed by atoms with van der Waals surface area (Å²) in [4.78, 5) is 9.89. The largest absolute Gasteiger partial charge is 1.00 e. The molecule has 0 amide bonds. The van der Waals surface area contributed by atoms with E-state index in [0.717, 1.165) is 6.42 Å². The molecular weight excluding hydrogens is 199 g/mol. The first-order valence-electron chi connectivity index (χ1n) is 5.76. The predicted octanol–water partition coefficient (Wildman–Crippen LogP) is 1.02. The maximum Gasteiger partial charge on any atom is 1.00 e. The minimum atomic E-state index is 0. The molecule has 0 saturated carbocycles. The topological polar surface area (TPSA) is 17.1 Å². The standard InChI is InChI=1S/C12H23O.K/c1-2-3-4-5-6-7-8-9-10-11-12-13;/h2-11H2,1H3;/q-1;+1. The Labute approximate surface area is 132 Å². The third-order valence-electron chi connectivity index (χ3n) is 2.38. The van der Waals surface area contributed by atoms with Crippen LogP contribution in [-0.4, -0.2) is 6.29 Å². The molecule has 0 spiro atoms. The van der Waals surface area contributed by atoms with Gasteiger partial charge in [0.05, 0.1) is 0 Å². The van der Waals surface area contributed by atoms with E-state index < -0.39 is 0 Å². The van der Waals surface area contributed by atoms with E-state index >= 15 is 0 Å². The molecular formula is C12H23KO. The molecule has 0 atom stereocenters. The fraction of sp³-hybridized carbons (Fsp3) is 0.917. The molecule has 0 unspecified atom stereocenters. The average Bonchev–Trinajstić information content (AvgIpc) is 2.16. The van der Waals surface area contributed by atoms with E-state index in [2.05, 4.69) is 6.92 Å². The summed E-state index contributed by atoms with van der Waals surface area (Å²) in [6.45, 7) is 2.25. The Bertz CT molecular complexity index is 104. The van der Waals surface area contributed by atoms with Crippen LogP contribution in [0, 0.1) is 0 Å². The van der Waals surface area contributed by atoms with E-state index in [9.17, 15) is 4.79 Å². The Morgan fingerprint density at radius 2 is 1.21 bits per heavy atom. The van der Waals surface area contributed by atoms with Crippen LogP contribution in [0.5, 0.6) is 0 Å². The number of unbranched alkanes of at least 4 members (excludes halogenated alkanes) is 9. The Kier molecular flexibility index (Phi) is 21.1. The van der Waals surface area contributed by atoms with Gasteiger partial charge in [0.15, 0.2) is 0 Å². The number of rotatable bonds is 10. The van der Waals surface area contributed by atoms with Crippen molar-refractivity contribution in [2.45, 2.75) is 71.1 Å². The van der Waals surface area contributed by atoms with Gasteiger partial charge in [-0.25, -0.2) is 0 Å². The van der Waals surface area contributed by atoms with Crippen molar-refractivity contribution in [2.24, 2.45) is 0 Å². The molecule has 0 heterocycles. The second-order valence-corrected chi connectivity index (χ2v) is 3.72. The van der Waals surface area contributed by atoms with Crippen molar-refractivity contribution in [1.29, 1.82) is 0 Å². The minimum Gasteiger partial charge on any atom is -0.542 e. The first-order valence-corrected chi connectivity index (χ1v) is 5.76. The van der Waals surface area contributed by atoms with E-state index in [-0.39, 0.29) is 51.4 Å². The van der Waals surface area contributed by atoms with Crippen LogP contribution < -0.4 is 51.4 Å². The summed E-state index contributed by atoms with van der Waals surface area (Å²) in [5, 5.41) is 0. The van der Waals surface area contributed by atoms with Gasteiger partial charge in [-0.15, -0.1) is 0 Å². The molecule has 0 aliphatic carbocycles. The molecule has 1 nitrogen and oxygen atoms in total. The average molecular weight is 222 g/mol. The second-order valence-electron chi connectivity index (χ2n) is 3.72. The van der Waals surface area contributed by atoms with E-state index in [1.807, 2.05) is 6.29 Å². The fourth-order valence-electron chi connectivity index (χ4n) is 1.51. The fourth-order valence-corrected chi connectivity index (χ4v) is 1.51. The van der Waals surface area contributed by atoms with Gasteiger partial charge in [0.2, 0.25) is 0 Å². The molecule has 0 bridgehead atoms. The summed E-state index contributed by atoms with van der Waals surface area (Å²) < 4.78 is 0. The maximum atomic E-state index is 9.89. The molecule has 0 aromatic heterocycles. The van der Waals surface area contributed by atoms with Gasteiger partial charge < -0.3 is 4.79 Å². The predicted molar refractivity (Wildman–Crippen MR) is 57.5 cm³/mol. The van der Waals surface area contributed by atoms with Crippen LogP contribution >= 0.6 is 0 Å². The summed E-state index contributed by atoms with van der Waals surface area (Å²) in [6.07, 6.45) is 14.4. The number of carbonyl (C=O) groups excluding carboxylic acids is 1. The molecule has 0 aromatic carbocycles. The van der Waals surface area contributed by atoms with Crippen LogP contribution in [0.15, 0.2) is 0 Å². The molecule has 78 valence electrons. The Hall–Kier alpha value is 1.31. The van der Waals surface area contributed by atoms with Gasteiger partial charge in [-0.2, -0.15) is 6.42 Å². The quantitative estimate of drug-likeness (QED) is 0.306. The molecule has 0 radical (unpaired) electrons. The van der Waals surface area contributed by atoms with Gasteiger partial charge in [0.25, 0.3) is 0 Å². The van der Waals surface area contributed by atoms with Crippen molar-refractivity contribution in [3.05, 3.63) is 0 Å². The third-order valence-corrected chi connectivity index (χ3v) is 2.38. The van der Waals surface area contributed by atoms with Crippen molar-refractivity contribution in [3.8, 4) is 0 Å². The van der Waals surface area contributed by atoms with Crippen molar-refractivity contribution >= 4 is 6.29 Å². The molecule has 0 rings (SSSR count). The molecule has 0 aliphatic rings. The van der Waals surface area contributed by atoms with Gasteiger partial charge in [-0.05, 0) is 0 Å². The summed E-state index contributed by atoms with van der Waals surface area (Å²) in [5.41, 5.74) is 0. The van der Waals surface area contributed by atoms with E-state index in [4.69, 9.17) is 0 Å². The van der Waals surface area contributed by atoms with Crippen LogP contribution in [0.3, 0.4) is 0 Å². The zero-order chi connectivity index (χ0) is 9.78. The third kappa shape index (κ3) is 15.8. The monoisotopic (exact) mass is 222 g/mol. The van der Waals surface area contributed by atoms with Gasteiger partial charge >= 0.3 is 51.4 Å². The molecule has 0 aromatic rings. The van der Waals surface area contributed by atoms with Crippen molar-refractivity contribution in [2.75, 3.05) is 0 Å². The van der Waals surface area contributed by atoms with Crippen molar-refractivity contribution in [3.63, 3.8) is 0 Å². The molecule has 0 saturated heterocycles. The van der Waals surface area contributed by atoms with Crippen LogP contribution in [0.4, 0.5) is 0 Å². The van der Waals surface area contributed by atoms with Crippen LogP contribution in [0.1, 0.15) is 71.1 Å². The normalized spacial score (nSPS) is 9.50. The van der Waals surface area contributed by atoms with Gasteiger partial charge in [-0.1, -0.05) is 64.7 Å². The Balaban J connectivity index is 0. The summed E-state index contributed by atoms with van der Waals surface area (Å²) >= 11 is 0. The minimum absolute atomic E-state index is 0. The Morgan fingerprint density at radius 3 is 1.64 bits per heavy atom. The number of hydrogen-bond donors (Lipinski definition) is 0. The zero-order valence-electron chi connectivity index (χ0n) is 9.98. The number of hydrogen-bond acceptors (Lipinski definition) is 1. The zero-order valence-corrected chi connectivity index (χ0v) is 13.1. The summed E-state index contributed by atoms with van der Waals surface area (Å²) in [6, 6.07) is 0. The molecule has 0 N–H and O–H groups in total. The first-order chi connectivity index (χ1) is 6.41. The molecule has 0 aliphatic heterocycles. The molecule has 2 heteroatoms. The second kappa shape index (κ2) is 16.7. The molecule has 14 heavy (non-hydrogen) atoms. The van der Waals surface area contributed by atoms with Crippen molar-refractivity contribution < 1.29 is 56.2 Å². The SMILES string of the molecule is CCCCCCCCCCC[C-]=O.[K+]. The van der Waals surface area contributed by atoms with Gasteiger partial charge in [-0.3, -0.25) is 6.29 Å². The smallest absolute Gasteiger partial charge is 0.542 e. The summed E-state index contributed by atoms with van der Waals surface area (Å²) in [5.74, 6) is 0. The van der Waals surface area contributed by atoms with Crippen molar-refractivity contribution in [1.82, 2.24) is 0 Å². The van der Waals surface area contributed by atoms with Crippen LogP contribution in [0.25, 0.3) is 0 Å². The van der Waals surface area contributed by atoms with E-state index in [1.165, 1.54) is 51.4 Å². The van der Waals surface area contributed by atoms with E-state index in [0.29, 0.717) is 6.42 Å². The van der Waals surface area contributed by atoms with E-state index in [1.54, 1.807) is 0 Å². The Morgan fingerprint density at radius 1 is 0.786 bits per heavy atom. The van der Waals surface area contributed by atoms with Crippen LogP contribution in [0.2, 0.25) is 0 Å². The van der Waals surface area contributed by atoms with Crippen LogP contribution in [-0.2, 0) is 4.79 Å².